The second-order valence-corrected chi connectivity index (χ2v) is 7.42. The Labute approximate surface area is 129 Å². The zero-order valence-electron chi connectivity index (χ0n) is 14.2. The molecular weight excluding hydrogens is 260 g/mol. The monoisotopic (exact) mass is 292 g/mol. The molecule has 0 bridgehead atoms. The fourth-order valence-corrected chi connectivity index (χ4v) is 2.99. The Morgan fingerprint density at radius 2 is 2.10 bits per heavy atom. The molecule has 1 atom stereocenters. The van der Waals surface area contributed by atoms with E-state index in [-0.39, 0.29) is 5.54 Å². The Morgan fingerprint density at radius 3 is 2.81 bits per heavy atom. The number of likely N-dealkylation sites (tertiary alicyclic amines) is 1. The summed E-state index contributed by atoms with van der Waals surface area (Å²) in [6.45, 7) is 13.4. The minimum atomic E-state index is 0.151. The van der Waals surface area contributed by atoms with Crippen molar-refractivity contribution in [3.05, 3.63) is 18.2 Å². The average Bonchev–Trinajstić information content (AvgIpc) is 2.85. The summed E-state index contributed by atoms with van der Waals surface area (Å²) in [5.41, 5.74) is 1.44. The number of nitrogens with zero attached hydrogens (tertiary/aromatic N) is 3. The Morgan fingerprint density at radius 1 is 1.29 bits per heavy atom. The maximum absolute atomic E-state index is 4.31. The first kappa shape index (κ1) is 16.5. The first-order valence-corrected chi connectivity index (χ1v) is 8.44. The van der Waals surface area contributed by atoms with Gasteiger partial charge in [-0.15, -0.1) is 0 Å². The molecule has 1 aromatic rings. The molecule has 1 N–H and O–H groups in total. The third kappa shape index (κ3) is 5.44. The summed E-state index contributed by atoms with van der Waals surface area (Å²) in [5.74, 6) is 0. The van der Waals surface area contributed by atoms with Gasteiger partial charge >= 0.3 is 0 Å². The van der Waals surface area contributed by atoms with Crippen molar-refractivity contribution in [3.8, 4) is 0 Å². The molecule has 2 heterocycles. The maximum Gasteiger partial charge on any atom is 0.0948 e. The van der Waals surface area contributed by atoms with Crippen molar-refractivity contribution in [3.63, 3.8) is 0 Å². The van der Waals surface area contributed by atoms with Crippen LogP contribution in [0, 0.1) is 0 Å². The highest BCUT2D eigenvalue weighted by Gasteiger charge is 2.17. The summed E-state index contributed by atoms with van der Waals surface area (Å²) in [5, 5.41) is 3.54. The lowest BCUT2D eigenvalue weighted by Gasteiger charge is -2.33. The highest BCUT2D eigenvalue weighted by Crippen LogP contribution is 2.16. The van der Waals surface area contributed by atoms with E-state index in [1.165, 1.54) is 44.5 Å². The van der Waals surface area contributed by atoms with Crippen molar-refractivity contribution in [1.29, 1.82) is 0 Å². The number of aromatic nitrogens is 2. The van der Waals surface area contributed by atoms with Crippen LogP contribution in [0.5, 0.6) is 0 Å². The maximum atomic E-state index is 4.31. The molecule has 0 aromatic carbocycles. The average molecular weight is 292 g/mol. The van der Waals surface area contributed by atoms with Crippen LogP contribution >= 0.6 is 0 Å². The molecule has 21 heavy (non-hydrogen) atoms. The summed E-state index contributed by atoms with van der Waals surface area (Å²) >= 11 is 0. The Bertz CT molecular complexity index is 419. The van der Waals surface area contributed by atoms with Gasteiger partial charge in [0.1, 0.15) is 0 Å². The standard InChI is InChI=1S/C17H32N4/c1-15-8-5-6-9-20(15)10-7-11-21-14-18-12-16(21)13-19-17(2,3)4/h12,14-15,19H,5-11,13H2,1-4H3. The van der Waals surface area contributed by atoms with Gasteiger partial charge in [0.15, 0.2) is 0 Å². The van der Waals surface area contributed by atoms with Crippen LogP contribution in [0.3, 0.4) is 0 Å². The minimum absolute atomic E-state index is 0.151. The zero-order chi connectivity index (χ0) is 15.3. The molecule has 120 valence electrons. The van der Waals surface area contributed by atoms with Crippen LogP contribution in [0.15, 0.2) is 12.5 Å². The van der Waals surface area contributed by atoms with Crippen molar-refractivity contribution < 1.29 is 0 Å². The Kier molecular flexibility index (Phi) is 5.82. The predicted molar refractivity (Wildman–Crippen MR) is 88.3 cm³/mol. The molecule has 1 aliphatic rings. The van der Waals surface area contributed by atoms with Crippen LogP contribution in [0.25, 0.3) is 0 Å². The smallest absolute Gasteiger partial charge is 0.0948 e. The van der Waals surface area contributed by atoms with E-state index in [2.05, 4.69) is 47.5 Å². The van der Waals surface area contributed by atoms with Gasteiger partial charge in [-0.2, -0.15) is 0 Å². The van der Waals surface area contributed by atoms with Crippen molar-refractivity contribution in [2.24, 2.45) is 0 Å². The number of imidazole rings is 1. The lowest BCUT2D eigenvalue weighted by molar-refractivity contribution is 0.156. The normalized spacial score (nSPS) is 20.9. The molecule has 0 radical (unpaired) electrons. The molecule has 1 aromatic heterocycles. The molecule has 1 unspecified atom stereocenters. The summed E-state index contributed by atoms with van der Waals surface area (Å²) < 4.78 is 2.30. The second kappa shape index (κ2) is 7.41. The van der Waals surface area contributed by atoms with Gasteiger partial charge in [-0.25, -0.2) is 4.98 Å². The van der Waals surface area contributed by atoms with Crippen LogP contribution < -0.4 is 5.32 Å². The summed E-state index contributed by atoms with van der Waals surface area (Å²) in [4.78, 5) is 6.96. The summed E-state index contributed by atoms with van der Waals surface area (Å²) in [6.07, 6.45) is 9.31. The van der Waals surface area contributed by atoms with E-state index in [9.17, 15) is 0 Å². The molecule has 2 rings (SSSR count). The van der Waals surface area contributed by atoms with Crippen LogP contribution in [-0.4, -0.2) is 39.1 Å². The van der Waals surface area contributed by atoms with Crippen LogP contribution in [0.4, 0.5) is 0 Å². The Hall–Kier alpha value is -0.870. The number of nitrogens with one attached hydrogen (secondary N) is 1. The number of hydrogen-bond donors (Lipinski definition) is 1. The SMILES string of the molecule is CC1CCCCN1CCCn1cncc1CNC(C)(C)C. The van der Waals surface area contributed by atoms with E-state index >= 15 is 0 Å². The van der Waals surface area contributed by atoms with Gasteiger partial charge in [0, 0.05) is 37.4 Å². The first-order valence-electron chi connectivity index (χ1n) is 8.44. The molecule has 1 aliphatic heterocycles. The molecule has 4 nitrogen and oxygen atoms in total. The van der Waals surface area contributed by atoms with Crippen molar-refractivity contribution >= 4 is 0 Å². The molecule has 0 spiro atoms. The van der Waals surface area contributed by atoms with Gasteiger partial charge in [-0.05, 0) is 53.5 Å². The molecule has 1 fully saturated rings. The van der Waals surface area contributed by atoms with Gasteiger partial charge in [0.25, 0.3) is 0 Å². The van der Waals surface area contributed by atoms with E-state index in [4.69, 9.17) is 0 Å². The topological polar surface area (TPSA) is 33.1 Å². The fourth-order valence-electron chi connectivity index (χ4n) is 2.99. The van der Waals surface area contributed by atoms with Crippen LogP contribution in [-0.2, 0) is 13.1 Å². The number of hydrogen-bond acceptors (Lipinski definition) is 3. The fraction of sp³-hybridized carbons (Fsp3) is 0.824. The molecule has 0 amide bonds. The summed E-state index contributed by atoms with van der Waals surface area (Å²) in [6, 6.07) is 0.767. The zero-order valence-corrected chi connectivity index (χ0v) is 14.2. The highest BCUT2D eigenvalue weighted by molar-refractivity contribution is 4.98. The first-order chi connectivity index (χ1) is 9.96. The van der Waals surface area contributed by atoms with E-state index in [0.29, 0.717) is 0 Å². The quantitative estimate of drug-likeness (QED) is 0.875. The van der Waals surface area contributed by atoms with Crippen LogP contribution in [0.2, 0.25) is 0 Å². The minimum Gasteiger partial charge on any atom is -0.333 e. The van der Waals surface area contributed by atoms with Gasteiger partial charge in [-0.3, -0.25) is 0 Å². The van der Waals surface area contributed by atoms with Crippen molar-refractivity contribution in [2.45, 2.75) is 78.0 Å². The third-order valence-electron chi connectivity index (χ3n) is 4.38. The predicted octanol–water partition coefficient (Wildman–Crippen LogP) is 3.04. The van der Waals surface area contributed by atoms with Crippen LogP contribution in [0.1, 0.15) is 59.1 Å². The van der Waals surface area contributed by atoms with E-state index < -0.39 is 0 Å². The van der Waals surface area contributed by atoms with Gasteiger partial charge in [0.2, 0.25) is 0 Å². The van der Waals surface area contributed by atoms with Gasteiger partial charge in [0.05, 0.1) is 12.0 Å². The molecule has 1 saturated heterocycles. The molecule has 4 heteroatoms. The van der Waals surface area contributed by atoms with E-state index in [0.717, 1.165) is 19.1 Å². The lowest BCUT2D eigenvalue weighted by atomic mass is 10.0. The lowest BCUT2D eigenvalue weighted by Crippen LogP contribution is -2.38. The van der Waals surface area contributed by atoms with Gasteiger partial charge in [-0.1, -0.05) is 6.42 Å². The molecule has 0 aliphatic carbocycles. The van der Waals surface area contributed by atoms with Crippen molar-refractivity contribution in [2.75, 3.05) is 13.1 Å². The molecule has 0 saturated carbocycles. The number of rotatable bonds is 6. The van der Waals surface area contributed by atoms with Crippen molar-refractivity contribution in [1.82, 2.24) is 19.8 Å². The second-order valence-electron chi connectivity index (χ2n) is 7.42. The van der Waals surface area contributed by atoms with E-state index in [1.807, 2.05) is 12.5 Å². The van der Waals surface area contributed by atoms with E-state index in [1.54, 1.807) is 0 Å². The largest absolute Gasteiger partial charge is 0.333 e. The number of piperidine rings is 1. The van der Waals surface area contributed by atoms with Gasteiger partial charge < -0.3 is 14.8 Å². The Balaban J connectivity index is 1.77. The molecular formula is C17H32N4. The highest BCUT2D eigenvalue weighted by atomic mass is 15.2. The summed E-state index contributed by atoms with van der Waals surface area (Å²) in [7, 11) is 0. The third-order valence-corrected chi connectivity index (χ3v) is 4.38. The number of aryl methyl sites for hydroxylation is 1.